The van der Waals surface area contributed by atoms with Gasteiger partial charge in [-0.05, 0) is 103 Å². The number of aryl methyl sites for hydroxylation is 2. The molecule has 4 heteroatoms. The van der Waals surface area contributed by atoms with E-state index in [1.807, 2.05) is 48.2 Å². The van der Waals surface area contributed by atoms with Gasteiger partial charge >= 0.3 is 0 Å². The van der Waals surface area contributed by atoms with Gasteiger partial charge in [0.05, 0.1) is 6.61 Å². The Morgan fingerprint density at radius 2 is 1.04 bits per heavy atom. The maximum atomic E-state index is 5.95. The molecule has 0 saturated carbocycles. The van der Waals surface area contributed by atoms with E-state index in [0.29, 0.717) is 17.3 Å². The van der Waals surface area contributed by atoms with Gasteiger partial charge in [-0.25, -0.2) is 0 Å². The molecule has 0 aliphatic carbocycles. The van der Waals surface area contributed by atoms with Gasteiger partial charge in [0.25, 0.3) is 0 Å². The summed E-state index contributed by atoms with van der Waals surface area (Å²) < 4.78 is 12.2. The largest absolute Gasteiger partial charge is 0.457 e. The van der Waals surface area contributed by atoms with E-state index in [1.165, 1.54) is 57.6 Å². The fourth-order valence-corrected chi connectivity index (χ4v) is 6.32. The van der Waals surface area contributed by atoms with Crippen LogP contribution in [0.25, 0.3) is 11.1 Å². The molecule has 5 rings (SSSR count). The summed E-state index contributed by atoms with van der Waals surface area (Å²) in [5.41, 5.74) is 7.52. The smallest absolute Gasteiger partial charge is 0.127 e. The van der Waals surface area contributed by atoms with E-state index in [2.05, 4.69) is 133 Å². The second-order valence-electron chi connectivity index (χ2n) is 12.3. The molecule has 46 heavy (non-hydrogen) atoms. The molecular formula is C42H48O2S2. The highest BCUT2D eigenvalue weighted by Gasteiger charge is 2.20. The summed E-state index contributed by atoms with van der Waals surface area (Å²) in [6.07, 6.45) is 2.45. The number of thioether (sulfide) groups is 1. The fourth-order valence-electron chi connectivity index (χ4n) is 4.61. The lowest BCUT2D eigenvalue weighted by molar-refractivity contribution is 0.364. The number of hydrogen-bond acceptors (Lipinski definition) is 4. The van der Waals surface area contributed by atoms with Crippen LogP contribution in [0.1, 0.15) is 75.6 Å². The van der Waals surface area contributed by atoms with Crippen molar-refractivity contribution in [3.8, 4) is 22.6 Å². The first-order valence-electron chi connectivity index (χ1n) is 16.3. The molecule has 0 bridgehead atoms. The summed E-state index contributed by atoms with van der Waals surface area (Å²) in [4.78, 5) is 2.44. The Bertz CT molecular complexity index is 1590. The van der Waals surface area contributed by atoms with E-state index >= 15 is 0 Å². The Morgan fingerprint density at radius 3 is 1.54 bits per heavy atom. The average molecular weight is 649 g/mol. The van der Waals surface area contributed by atoms with Gasteiger partial charge in [-0.1, -0.05) is 119 Å². The first-order chi connectivity index (χ1) is 22.2. The maximum Gasteiger partial charge on any atom is 0.127 e. The molecule has 5 aromatic carbocycles. The molecule has 0 unspecified atom stereocenters. The van der Waals surface area contributed by atoms with Crippen molar-refractivity contribution < 1.29 is 8.92 Å². The van der Waals surface area contributed by atoms with E-state index in [1.54, 1.807) is 0 Å². The molecular weight excluding hydrogens is 601 g/mol. The Kier molecular flexibility index (Phi) is 13.4. The lowest BCUT2D eigenvalue weighted by Crippen LogP contribution is -2.16. The van der Waals surface area contributed by atoms with Crippen LogP contribution < -0.4 is 4.74 Å². The molecule has 0 amide bonds. The Labute approximate surface area is 286 Å². The SMILES string of the molecule is CCC(C)(CC)Sc1ccc(C)cc1.Cc1ccc(-c2ccc(COSc3ccc(Oc4ccc(C(C)C)cc4)cc3)cc2)cc1. The monoisotopic (exact) mass is 648 g/mol. The van der Waals surface area contributed by atoms with E-state index < -0.39 is 0 Å². The Morgan fingerprint density at radius 1 is 0.587 bits per heavy atom. The van der Waals surface area contributed by atoms with Crippen molar-refractivity contribution in [2.45, 2.75) is 88.4 Å². The van der Waals surface area contributed by atoms with E-state index in [9.17, 15) is 0 Å². The zero-order valence-electron chi connectivity index (χ0n) is 28.4. The summed E-state index contributed by atoms with van der Waals surface area (Å²) in [5.74, 6) is 2.19. The van der Waals surface area contributed by atoms with Gasteiger partial charge in [0.15, 0.2) is 0 Å². The van der Waals surface area contributed by atoms with Crippen LogP contribution in [0.3, 0.4) is 0 Å². The van der Waals surface area contributed by atoms with Crippen LogP contribution >= 0.6 is 23.8 Å². The molecule has 0 radical (unpaired) electrons. The lowest BCUT2D eigenvalue weighted by atomic mass is 10.0. The van der Waals surface area contributed by atoms with Crippen molar-refractivity contribution in [2.75, 3.05) is 0 Å². The highest BCUT2D eigenvalue weighted by atomic mass is 32.2. The number of rotatable bonds is 12. The van der Waals surface area contributed by atoms with Gasteiger partial charge in [0.1, 0.15) is 11.5 Å². The van der Waals surface area contributed by atoms with Gasteiger partial charge in [0, 0.05) is 26.6 Å². The van der Waals surface area contributed by atoms with Crippen LogP contribution in [-0.2, 0) is 10.8 Å². The molecule has 0 aromatic heterocycles. The first kappa shape index (κ1) is 35.4. The third kappa shape index (κ3) is 11.1. The zero-order valence-corrected chi connectivity index (χ0v) is 30.0. The highest BCUT2D eigenvalue weighted by Crippen LogP contribution is 2.37. The predicted molar refractivity (Wildman–Crippen MR) is 200 cm³/mol. The average Bonchev–Trinajstić information content (AvgIpc) is 3.08. The molecule has 0 saturated heterocycles. The minimum Gasteiger partial charge on any atom is -0.457 e. The van der Waals surface area contributed by atoms with Crippen LogP contribution in [-0.4, -0.2) is 4.75 Å². The van der Waals surface area contributed by atoms with Crippen LogP contribution in [0.5, 0.6) is 11.5 Å². The van der Waals surface area contributed by atoms with Crippen LogP contribution in [0.15, 0.2) is 131 Å². The quantitative estimate of drug-likeness (QED) is 0.0989. The molecule has 0 N–H and O–H groups in total. The van der Waals surface area contributed by atoms with Crippen molar-refractivity contribution in [2.24, 2.45) is 0 Å². The third-order valence-electron chi connectivity index (χ3n) is 8.21. The van der Waals surface area contributed by atoms with Crippen LogP contribution in [0.2, 0.25) is 0 Å². The van der Waals surface area contributed by atoms with E-state index in [0.717, 1.165) is 22.0 Å². The Hall–Kier alpha value is -3.44. The van der Waals surface area contributed by atoms with E-state index in [-0.39, 0.29) is 0 Å². The lowest BCUT2D eigenvalue weighted by Gasteiger charge is -2.25. The van der Waals surface area contributed by atoms with Crippen molar-refractivity contribution in [3.05, 3.63) is 144 Å². The molecule has 240 valence electrons. The summed E-state index contributed by atoms with van der Waals surface area (Å²) in [7, 11) is 0. The molecule has 0 fully saturated rings. The predicted octanol–water partition coefficient (Wildman–Crippen LogP) is 13.5. The number of benzene rings is 5. The van der Waals surface area contributed by atoms with Crippen molar-refractivity contribution in [1.29, 1.82) is 0 Å². The highest BCUT2D eigenvalue weighted by molar-refractivity contribution is 8.00. The summed E-state index contributed by atoms with van der Waals surface area (Å²) >= 11 is 3.38. The summed E-state index contributed by atoms with van der Waals surface area (Å²) in [6.45, 7) is 16.1. The summed E-state index contributed by atoms with van der Waals surface area (Å²) in [6, 6.07) is 42.2. The van der Waals surface area contributed by atoms with Gasteiger partial charge < -0.3 is 8.92 Å². The number of ether oxygens (including phenoxy) is 1. The molecule has 0 heterocycles. The van der Waals surface area contributed by atoms with E-state index in [4.69, 9.17) is 8.92 Å². The van der Waals surface area contributed by atoms with Crippen LogP contribution in [0, 0.1) is 13.8 Å². The second-order valence-corrected chi connectivity index (χ2v) is 14.8. The topological polar surface area (TPSA) is 18.5 Å². The third-order valence-corrected chi connectivity index (χ3v) is 10.5. The second kappa shape index (κ2) is 17.5. The van der Waals surface area contributed by atoms with Crippen molar-refractivity contribution in [1.82, 2.24) is 0 Å². The maximum absolute atomic E-state index is 5.95. The summed E-state index contributed by atoms with van der Waals surface area (Å²) in [5, 5.41) is 0. The zero-order chi connectivity index (χ0) is 32.9. The van der Waals surface area contributed by atoms with Gasteiger partial charge in [-0.3, -0.25) is 0 Å². The van der Waals surface area contributed by atoms with Crippen molar-refractivity contribution in [3.63, 3.8) is 0 Å². The van der Waals surface area contributed by atoms with Gasteiger partial charge in [-0.2, -0.15) is 0 Å². The van der Waals surface area contributed by atoms with Gasteiger partial charge in [-0.15, -0.1) is 11.8 Å². The first-order valence-corrected chi connectivity index (χ1v) is 17.8. The number of hydrogen-bond donors (Lipinski definition) is 0. The normalized spacial score (nSPS) is 11.2. The minimum atomic E-state index is 0.398. The van der Waals surface area contributed by atoms with Crippen LogP contribution in [0.4, 0.5) is 0 Å². The fraction of sp³-hybridized carbons (Fsp3) is 0.286. The van der Waals surface area contributed by atoms with Gasteiger partial charge in [0.2, 0.25) is 0 Å². The molecule has 2 nitrogen and oxygen atoms in total. The Balaban J connectivity index is 0.000000288. The molecule has 0 aliphatic rings. The minimum absolute atomic E-state index is 0.398. The molecule has 0 spiro atoms. The standard InChI is InChI=1S/C29H28O2S.C13H20S/c1-21(2)24-12-14-27(15-13-24)31-28-16-18-29(19-17-28)32-30-20-23-6-10-26(11-7-23)25-8-4-22(3)5-9-25;1-5-13(4,6-2)14-12-9-7-11(3)8-10-12/h4-19,21H,20H2,1-3H3;7-10H,5-6H2,1-4H3. The molecule has 0 atom stereocenters. The molecule has 5 aromatic rings. The molecule has 0 aliphatic heterocycles. The van der Waals surface area contributed by atoms with Crippen molar-refractivity contribution >= 4 is 23.8 Å².